The van der Waals surface area contributed by atoms with Crippen molar-refractivity contribution in [3.8, 4) is 11.5 Å². The molecule has 2 fully saturated rings. The van der Waals surface area contributed by atoms with E-state index in [1.165, 1.54) is 24.8 Å². The Balaban J connectivity index is 1.15. The number of fused-ring (bicyclic) bond motifs is 4. The minimum atomic E-state index is -0.503. The van der Waals surface area contributed by atoms with Crippen molar-refractivity contribution in [1.82, 2.24) is 34.4 Å². The highest BCUT2D eigenvalue weighted by Gasteiger charge is 2.42. The minimum absolute atomic E-state index is 0.0198. The van der Waals surface area contributed by atoms with Crippen molar-refractivity contribution in [2.75, 3.05) is 23.3 Å². The Morgan fingerprint density at radius 1 is 1.10 bits per heavy atom. The molecule has 5 aromatic rings. The number of carbonyl (C=O) groups excluding carboxylic acids is 1. The predicted octanol–water partition coefficient (Wildman–Crippen LogP) is 4.42. The van der Waals surface area contributed by atoms with Gasteiger partial charge in [-0.3, -0.25) is 4.79 Å². The van der Waals surface area contributed by atoms with Gasteiger partial charge in [0.25, 0.3) is 0 Å². The first-order valence-electron chi connectivity index (χ1n) is 13.3. The lowest BCUT2D eigenvalue weighted by Gasteiger charge is -2.41. The molecular weight excluding hydrogens is 525 g/mol. The Morgan fingerprint density at radius 2 is 1.93 bits per heavy atom. The molecule has 4 aromatic heterocycles. The van der Waals surface area contributed by atoms with Gasteiger partial charge in [-0.1, -0.05) is 6.58 Å². The van der Waals surface area contributed by atoms with Gasteiger partial charge in [-0.25, -0.2) is 28.8 Å². The molecule has 2 atom stereocenters. The van der Waals surface area contributed by atoms with Crippen molar-refractivity contribution >= 4 is 39.9 Å². The van der Waals surface area contributed by atoms with Crippen molar-refractivity contribution in [2.45, 2.75) is 31.8 Å². The highest BCUT2D eigenvalue weighted by molar-refractivity contribution is 5.89. The highest BCUT2D eigenvalue weighted by atomic mass is 19.1. The van der Waals surface area contributed by atoms with Crippen molar-refractivity contribution in [2.24, 2.45) is 0 Å². The van der Waals surface area contributed by atoms with Gasteiger partial charge in [-0.15, -0.1) is 0 Å². The number of nitrogens with zero attached hydrogens (tertiary/aromatic N) is 8. The average Bonchev–Trinajstić information content (AvgIpc) is 3.56. The van der Waals surface area contributed by atoms with Gasteiger partial charge in [0.2, 0.25) is 5.91 Å². The van der Waals surface area contributed by atoms with Crippen LogP contribution in [0.5, 0.6) is 11.5 Å². The second kappa shape index (κ2) is 9.81. The van der Waals surface area contributed by atoms with E-state index < -0.39 is 5.82 Å². The summed E-state index contributed by atoms with van der Waals surface area (Å²) >= 11 is 0. The molecular formula is C29H26FN9O2. The van der Waals surface area contributed by atoms with E-state index in [1.807, 2.05) is 24.0 Å². The number of aromatic nitrogens is 6. The van der Waals surface area contributed by atoms with E-state index in [2.05, 4.69) is 36.8 Å². The smallest absolute Gasteiger partial charge is 0.246 e. The summed E-state index contributed by atoms with van der Waals surface area (Å²) in [6, 6.07) is 10.5. The van der Waals surface area contributed by atoms with Crippen LogP contribution < -0.4 is 15.0 Å². The first-order chi connectivity index (χ1) is 20.0. The van der Waals surface area contributed by atoms with Crippen LogP contribution in [-0.2, 0) is 4.79 Å². The number of nitrogens with one attached hydrogen (secondary N) is 1. The van der Waals surface area contributed by atoms with E-state index in [9.17, 15) is 4.79 Å². The zero-order valence-corrected chi connectivity index (χ0v) is 22.2. The fourth-order valence-corrected chi connectivity index (χ4v) is 5.74. The minimum Gasteiger partial charge on any atom is -0.457 e. The molecule has 2 aliphatic heterocycles. The largest absolute Gasteiger partial charge is 0.457 e. The van der Waals surface area contributed by atoms with Crippen LogP contribution in [0.3, 0.4) is 0 Å². The maximum atomic E-state index is 15.3. The zero-order chi connectivity index (χ0) is 28.1. The van der Waals surface area contributed by atoms with Crippen LogP contribution in [0.15, 0.2) is 67.9 Å². The summed E-state index contributed by atoms with van der Waals surface area (Å²) in [6.45, 7) is 6.87. The fourth-order valence-electron chi connectivity index (χ4n) is 5.74. The van der Waals surface area contributed by atoms with E-state index in [4.69, 9.17) is 9.72 Å². The van der Waals surface area contributed by atoms with E-state index in [0.29, 0.717) is 47.1 Å². The highest BCUT2D eigenvalue weighted by Crippen LogP contribution is 2.35. The van der Waals surface area contributed by atoms with Gasteiger partial charge in [0.1, 0.15) is 41.3 Å². The molecule has 0 radical (unpaired) electrons. The summed E-state index contributed by atoms with van der Waals surface area (Å²) in [7, 11) is 0. The first kappa shape index (κ1) is 24.9. The first-order valence-corrected chi connectivity index (χ1v) is 13.3. The van der Waals surface area contributed by atoms with E-state index >= 15 is 4.39 Å². The van der Waals surface area contributed by atoms with Gasteiger partial charge >= 0.3 is 0 Å². The number of amides is 1. The topological polar surface area (TPSA) is 114 Å². The van der Waals surface area contributed by atoms with Crippen molar-refractivity contribution < 1.29 is 13.9 Å². The van der Waals surface area contributed by atoms with Crippen LogP contribution in [0.4, 0.5) is 21.7 Å². The number of halogens is 1. The molecule has 7 rings (SSSR count). The summed E-state index contributed by atoms with van der Waals surface area (Å²) in [5.41, 5.74) is 2.76. The molecule has 12 heteroatoms. The average molecular weight is 552 g/mol. The Kier molecular flexibility index (Phi) is 5.95. The number of pyridine rings is 2. The number of hydrogen-bond acceptors (Lipinski definition) is 9. The second-order valence-corrected chi connectivity index (χ2v) is 10.2. The van der Waals surface area contributed by atoms with Gasteiger partial charge < -0.3 is 19.9 Å². The van der Waals surface area contributed by atoms with Crippen LogP contribution in [0.2, 0.25) is 0 Å². The van der Waals surface area contributed by atoms with Crippen LogP contribution in [-0.4, -0.2) is 65.5 Å². The second-order valence-electron chi connectivity index (χ2n) is 10.2. The van der Waals surface area contributed by atoms with Crippen molar-refractivity contribution in [3.63, 3.8) is 0 Å². The maximum absolute atomic E-state index is 15.3. The molecule has 11 nitrogen and oxygen atoms in total. The molecule has 1 amide bonds. The van der Waals surface area contributed by atoms with Gasteiger partial charge in [-0.2, -0.15) is 5.10 Å². The van der Waals surface area contributed by atoms with Crippen molar-refractivity contribution in [1.29, 1.82) is 0 Å². The molecule has 0 spiro atoms. The fraction of sp³-hybridized carbons (Fsp3) is 0.241. The standard InChI is InChI=1S/C29H26FN9O2/c1-3-27(40)39-18-4-5-19(39)14-37(13-18)25-7-6-22-28(36-25)29(33-15-31-22)35-23-10-17(2)24(12-21(23)30)41-20-8-9-38-26(11-20)32-16-34-38/h3,6-12,15-16,18-19H,1,4-5,13-14H2,2H3,(H,31,33,35). The third-order valence-corrected chi connectivity index (χ3v) is 7.70. The lowest BCUT2D eigenvalue weighted by Crippen LogP contribution is -2.55. The summed E-state index contributed by atoms with van der Waals surface area (Å²) in [6.07, 6.45) is 7.91. The summed E-state index contributed by atoms with van der Waals surface area (Å²) in [4.78, 5) is 34.3. The normalized spacial score (nSPS) is 18.2. The third kappa shape index (κ3) is 4.46. The molecule has 2 unspecified atom stereocenters. The maximum Gasteiger partial charge on any atom is 0.246 e. The number of ether oxygens (including phenoxy) is 1. The summed E-state index contributed by atoms with van der Waals surface area (Å²) < 4.78 is 22.9. The number of rotatable bonds is 6. The Morgan fingerprint density at radius 3 is 2.73 bits per heavy atom. The molecule has 1 N–H and O–H groups in total. The summed E-state index contributed by atoms with van der Waals surface area (Å²) in [5.74, 6) is 1.54. The molecule has 6 heterocycles. The quantitative estimate of drug-likeness (QED) is 0.307. The number of hydrogen-bond donors (Lipinski definition) is 1. The number of anilines is 3. The van der Waals surface area contributed by atoms with E-state index in [1.54, 1.807) is 28.9 Å². The van der Waals surface area contributed by atoms with Crippen LogP contribution in [0.25, 0.3) is 16.7 Å². The monoisotopic (exact) mass is 551 g/mol. The van der Waals surface area contributed by atoms with Crippen LogP contribution in [0, 0.1) is 12.7 Å². The van der Waals surface area contributed by atoms with Crippen LogP contribution in [0.1, 0.15) is 18.4 Å². The lowest BCUT2D eigenvalue weighted by atomic mass is 10.1. The zero-order valence-electron chi connectivity index (χ0n) is 22.2. The molecule has 2 bridgehead atoms. The third-order valence-electron chi connectivity index (χ3n) is 7.70. The number of carbonyl (C=O) groups is 1. The van der Waals surface area contributed by atoms with Gasteiger partial charge in [0, 0.05) is 43.5 Å². The summed E-state index contributed by atoms with van der Waals surface area (Å²) in [5, 5.41) is 7.18. The number of piperazine rings is 1. The molecule has 0 saturated carbocycles. The number of benzene rings is 1. The molecule has 1 aromatic carbocycles. The van der Waals surface area contributed by atoms with Gasteiger partial charge in [0.05, 0.1) is 11.2 Å². The van der Waals surface area contributed by atoms with E-state index in [-0.39, 0.29) is 23.7 Å². The molecule has 2 saturated heterocycles. The predicted molar refractivity (Wildman–Crippen MR) is 151 cm³/mol. The molecule has 0 aliphatic carbocycles. The molecule has 41 heavy (non-hydrogen) atoms. The van der Waals surface area contributed by atoms with Crippen LogP contribution >= 0.6 is 0 Å². The Bertz CT molecular complexity index is 1810. The molecule has 2 aliphatic rings. The Labute approximate surface area is 234 Å². The van der Waals surface area contributed by atoms with Gasteiger partial charge in [0.15, 0.2) is 11.5 Å². The molecule has 206 valence electrons. The van der Waals surface area contributed by atoms with Gasteiger partial charge in [-0.05, 0) is 55.7 Å². The van der Waals surface area contributed by atoms with Crippen molar-refractivity contribution in [3.05, 3.63) is 79.3 Å². The SMILES string of the molecule is C=CC(=O)N1C2CCC1CN(c1ccc3ncnc(Nc4cc(C)c(Oc5ccn6ncnc6c5)cc4F)c3n1)C2. The lowest BCUT2D eigenvalue weighted by molar-refractivity contribution is -0.129. The Hall–Kier alpha value is -5.13. The number of aryl methyl sites for hydroxylation is 1. The van der Waals surface area contributed by atoms with E-state index in [0.717, 1.165) is 24.2 Å².